The number of benzene rings is 1. The van der Waals surface area contributed by atoms with E-state index < -0.39 is 5.82 Å². The minimum atomic E-state index is -0.400. The fourth-order valence-electron chi connectivity index (χ4n) is 1.52. The average molecular weight is 260 g/mol. The zero-order valence-corrected chi connectivity index (χ0v) is 10.4. The molecule has 1 amide bonds. The lowest BCUT2D eigenvalue weighted by molar-refractivity contribution is 0.102. The number of rotatable bonds is 4. The van der Waals surface area contributed by atoms with Crippen molar-refractivity contribution in [3.8, 4) is 5.88 Å². The molecule has 0 fully saturated rings. The van der Waals surface area contributed by atoms with E-state index in [2.05, 4.69) is 10.3 Å². The summed E-state index contributed by atoms with van der Waals surface area (Å²) in [6.07, 6.45) is 1.42. The van der Waals surface area contributed by atoms with Crippen LogP contribution in [0, 0.1) is 5.82 Å². The summed E-state index contributed by atoms with van der Waals surface area (Å²) in [5, 5.41) is 2.59. The molecule has 1 aromatic carbocycles. The molecule has 0 aliphatic heterocycles. The normalized spacial score (nSPS) is 10.0. The summed E-state index contributed by atoms with van der Waals surface area (Å²) in [5.74, 6) is -0.284. The van der Waals surface area contributed by atoms with Gasteiger partial charge in [-0.2, -0.15) is 0 Å². The van der Waals surface area contributed by atoms with Gasteiger partial charge in [-0.05, 0) is 31.2 Å². The average Bonchev–Trinajstić information content (AvgIpc) is 2.40. The number of halogens is 1. The molecule has 1 heterocycles. The van der Waals surface area contributed by atoms with Crippen molar-refractivity contribution in [2.24, 2.45) is 0 Å². The number of nitrogens with one attached hydrogen (secondary N) is 1. The van der Waals surface area contributed by atoms with E-state index in [1.807, 2.05) is 6.92 Å². The summed E-state index contributed by atoms with van der Waals surface area (Å²) in [7, 11) is 0. The second-order valence-corrected chi connectivity index (χ2v) is 3.78. The molecule has 1 aromatic heterocycles. The van der Waals surface area contributed by atoms with Gasteiger partial charge in [-0.3, -0.25) is 4.79 Å². The number of ether oxygens (including phenoxy) is 1. The summed E-state index contributed by atoms with van der Waals surface area (Å²) in [6, 6.07) is 8.93. The third kappa shape index (κ3) is 3.51. The number of carbonyl (C=O) groups excluding carboxylic acids is 1. The van der Waals surface area contributed by atoms with Gasteiger partial charge in [0.25, 0.3) is 5.91 Å². The number of nitrogens with zero attached hydrogens (tertiary/aromatic N) is 1. The molecule has 0 atom stereocenters. The summed E-state index contributed by atoms with van der Waals surface area (Å²) in [4.78, 5) is 15.9. The predicted molar refractivity (Wildman–Crippen MR) is 69.8 cm³/mol. The Balaban J connectivity index is 2.07. The fourth-order valence-corrected chi connectivity index (χ4v) is 1.52. The van der Waals surface area contributed by atoms with E-state index in [0.717, 1.165) is 0 Å². The molecule has 5 heteroatoms. The van der Waals surface area contributed by atoms with Gasteiger partial charge >= 0.3 is 0 Å². The monoisotopic (exact) mass is 260 g/mol. The molecule has 0 spiro atoms. The maximum atomic E-state index is 13.0. The Morgan fingerprint density at radius 1 is 1.37 bits per heavy atom. The first-order valence-electron chi connectivity index (χ1n) is 5.85. The van der Waals surface area contributed by atoms with Crippen LogP contribution in [0.4, 0.5) is 10.1 Å². The lowest BCUT2D eigenvalue weighted by Crippen LogP contribution is -2.12. The third-order valence-corrected chi connectivity index (χ3v) is 2.37. The first-order valence-corrected chi connectivity index (χ1v) is 5.85. The lowest BCUT2D eigenvalue weighted by Gasteiger charge is -2.06. The lowest BCUT2D eigenvalue weighted by atomic mass is 10.2. The fraction of sp³-hybridized carbons (Fsp3) is 0.143. The number of amides is 1. The number of carbonyl (C=O) groups is 1. The van der Waals surface area contributed by atoms with Crippen molar-refractivity contribution in [2.75, 3.05) is 11.9 Å². The topological polar surface area (TPSA) is 51.2 Å². The SMILES string of the molecule is CCOc1ccc(C(=O)Nc2cccc(F)c2)cn1. The molecule has 0 saturated carbocycles. The summed E-state index contributed by atoms with van der Waals surface area (Å²) in [5.41, 5.74) is 0.784. The highest BCUT2D eigenvalue weighted by Gasteiger charge is 2.07. The number of pyridine rings is 1. The third-order valence-electron chi connectivity index (χ3n) is 2.37. The molecule has 1 N–H and O–H groups in total. The largest absolute Gasteiger partial charge is 0.478 e. The number of hydrogen-bond acceptors (Lipinski definition) is 3. The van der Waals surface area contributed by atoms with Crippen LogP contribution in [0.2, 0.25) is 0 Å². The van der Waals surface area contributed by atoms with E-state index in [1.54, 1.807) is 18.2 Å². The minimum Gasteiger partial charge on any atom is -0.478 e. The van der Waals surface area contributed by atoms with Crippen molar-refractivity contribution in [3.63, 3.8) is 0 Å². The van der Waals surface area contributed by atoms with Crippen LogP contribution in [-0.2, 0) is 0 Å². The Morgan fingerprint density at radius 2 is 2.21 bits per heavy atom. The van der Waals surface area contributed by atoms with Gasteiger partial charge in [-0.1, -0.05) is 6.07 Å². The van der Waals surface area contributed by atoms with E-state index in [9.17, 15) is 9.18 Å². The van der Waals surface area contributed by atoms with Crippen LogP contribution < -0.4 is 10.1 Å². The Bertz CT molecular complexity index is 570. The molecule has 0 aliphatic carbocycles. The second-order valence-electron chi connectivity index (χ2n) is 3.78. The van der Waals surface area contributed by atoms with Gasteiger partial charge in [0.1, 0.15) is 5.82 Å². The molecule has 0 saturated heterocycles. The van der Waals surface area contributed by atoms with Crippen molar-refractivity contribution < 1.29 is 13.9 Å². The zero-order chi connectivity index (χ0) is 13.7. The number of anilines is 1. The molecular weight excluding hydrogens is 247 g/mol. The molecule has 4 nitrogen and oxygen atoms in total. The van der Waals surface area contributed by atoms with Crippen LogP contribution in [0.1, 0.15) is 17.3 Å². The maximum absolute atomic E-state index is 13.0. The maximum Gasteiger partial charge on any atom is 0.257 e. The van der Waals surface area contributed by atoms with Gasteiger partial charge < -0.3 is 10.1 Å². The van der Waals surface area contributed by atoms with E-state index in [-0.39, 0.29) is 5.91 Å². The van der Waals surface area contributed by atoms with Gasteiger partial charge in [0, 0.05) is 18.0 Å². The van der Waals surface area contributed by atoms with E-state index in [0.29, 0.717) is 23.7 Å². The van der Waals surface area contributed by atoms with Crippen LogP contribution in [0.3, 0.4) is 0 Å². The van der Waals surface area contributed by atoms with Gasteiger partial charge in [0.05, 0.1) is 12.2 Å². The summed E-state index contributed by atoms with van der Waals surface area (Å²) < 4.78 is 18.2. The van der Waals surface area contributed by atoms with Crippen LogP contribution in [-0.4, -0.2) is 17.5 Å². The summed E-state index contributed by atoms with van der Waals surface area (Å²) in [6.45, 7) is 2.37. The Kier molecular flexibility index (Phi) is 4.07. The zero-order valence-electron chi connectivity index (χ0n) is 10.4. The van der Waals surface area contributed by atoms with Crippen LogP contribution in [0.15, 0.2) is 42.6 Å². The highest BCUT2D eigenvalue weighted by atomic mass is 19.1. The molecule has 98 valence electrons. The summed E-state index contributed by atoms with van der Waals surface area (Å²) >= 11 is 0. The first-order chi connectivity index (χ1) is 9.19. The second kappa shape index (κ2) is 5.95. The van der Waals surface area contributed by atoms with Gasteiger partial charge in [-0.25, -0.2) is 9.37 Å². The molecular formula is C14H13FN2O2. The van der Waals surface area contributed by atoms with E-state index in [4.69, 9.17) is 4.74 Å². The smallest absolute Gasteiger partial charge is 0.257 e. The minimum absolute atomic E-state index is 0.346. The van der Waals surface area contributed by atoms with Crippen molar-refractivity contribution in [1.29, 1.82) is 0 Å². The highest BCUT2D eigenvalue weighted by Crippen LogP contribution is 2.12. The quantitative estimate of drug-likeness (QED) is 0.919. The molecule has 2 aromatic rings. The van der Waals surface area contributed by atoms with E-state index >= 15 is 0 Å². The molecule has 19 heavy (non-hydrogen) atoms. The van der Waals surface area contributed by atoms with E-state index in [1.165, 1.54) is 24.4 Å². The predicted octanol–water partition coefficient (Wildman–Crippen LogP) is 2.87. The molecule has 2 rings (SSSR count). The van der Waals surface area contributed by atoms with Crippen molar-refractivity contribution >= 4 is 11.6 Å². The van der Waals surface area contributed by atoms with Crippen molar-refractivity contribution in [3.05, 3.63) is 54.0 Å². The van der Waals surface area contributed by atoms with Crippen molar-refractivity contribution in [2.45, 2.75) is 6.92 Å². The van der Waals surface area contributed by atoms with Crippen LogP contribution in [0.25, 0.3) is 0 Å². The highest BCUT2D eigenvalue weighted by molar-refractivity contribution is 6.04. The van der Waals surface area contributed by atoms with Gasteiger partial charge in [0.15, 0.2) is 0 Å². The Morgan fingerprint density at radius 3 is 2.84 bits per heavy atom. The van der Waals surface area contributed by atoms with Crippen LogP contribution in [0.5, 0.6) is 5.88 Å². The number of aromatic nitrogens is 1. The van der Waals surface area contributed by atoms with Crippen LogP contribution >= 0.6 is 0 Å². The molecule has 0 radical (unpaired) electrons. The number of hydrogen-bond donors (Lipinski definition) is 1. The Labute approximate surface area is 110 Å². The standard InChI is InChI=1S/C14H13FN2O2/c1-2-19-13-7-6-10(9-16-13)14(18)17-12-5-3-4-11(15)8-12/h3-9H,2H2,1H3,(H,17,18). The first kappa shape index (κ1) is 13.0. The van der Waals surface area contributed by atoms with Crippen molar-refractivity contribution in [1.82, 2.24) is 4.98 Å². The van der Waals surface area contributed by atoms with Gasteiger partial charge in [0.2, 0.25) is 5.88 Å². The molecule has 0 unspecified atom stereocenters. The molecule has 0 aliphatic rings. The van der Waals surface area contributed by atoms with Gasteiger partial charge in [-0.15, -0.1) is 0 Å². The Hall–Kier alpha value is -2.43. The molecule has 0 bridgehead atoms.